The van der Waals surface area contributed by atoms with Gasteiger partial charge in [-0.25, -0.2) is 0 Å². The fourth-order valence-electron chi connectivity index (χ4n) is 3.51. The summed E-state index contributed by atoms with van der Waals surface area (Å²) < 4.78 is 10.4. The average molecular weight is 370 g/mol. The molecule has 1 unspecified atom stereocenters. The number of carbonyl (C=O) groups is 2. The molecule has 1 fully saturated rings. The van der Waals surface area contributed by atoms with E-state index >= 15 is 0 Å². The molecule has 2 aromatic rings. The van der Waals surface area contributed by atoms with E-state index in [0.29, 0.717) is 31.5 Å². The van der Waals surface area contributed by atoms with Gasteiger partial charge in [0.1, 0.15) is 12.0 Å². The van der Waals surface area contributed by atoms with Crippen LogP contribution in [0, 0.1) is 12.8 Å². The molecule has 1 aromatic heterocycles. The van der Waals surface area contributed by atoms with Crippen molar-refractivity contribution in [3.63, 3.8) is 0 Å². The number of rotatable bonds is 5. The van der Waals surface area contributed by atoms with E-state index in [0.717, 1.165) is 16.9 Å². The molecule has 1 aliphatic rings. The molecule has 2 amide bonds. The predicted molar refractivity (Wildman–Crippen MR) is 102 cm³/mol. The third-order valence-electron chi connectivity index (χ3n) is 5.13. The van der Waals surface area contributed by atoms with E-state index in [-0.39, 0.29) is 23.8 Å². The van der Waals surface area contributed by atoms with E-state index in [1.165, 1.54) is 12.5 Å². The number of nitrogens with one attached hydrogen (secondary N) is 1. The normalized spacial score (nSPS) is 16.0. The van der Waals surface area contributed by atoms with Gasteiger partial charge in [-0.05, 0) is 38.8 Å². The molecule has 27 heavy (non-hydrogen) atoms. The highest BCUT2D eigenvalue weighted by Gasteiger charge is 2.29. The maximum atomic E-state index is 12.7. The van der Waals surface area contributed by atoms with Crippen LogP contribution in [0.4, 0.5) is 0 Å². The zero-order valence-corrected chi connectivity index (χ0v) is 16.0. The summed E-state index contributed by atoms with van der Waals surface area (Å²) in [6.07, 6.45) is 4.27. The predicted octanol–water partition coefficient (Wildman–Crippen LogP) is 3.33. The van der Waals surface area contributed by atoms with E-state index < -0.39 is 0 Å². The summed E-state index contributed by atoms with van der Waals surface area (Å²) in [5.74, 6) is 0.674. The molecule has 1 N–H and O–H groups in total. The summed E-state index contributed by atoms with van der Waals surface area (Å²) in [5, 5.41) is 3.10. The first kappa shape index (κ1) is 19.0. The van der Waals surface area contributed by atoms with Crippen LogP contribution in [-0.4, -0.2) is 36.9 Å². The van der Waals surface area contributed by atoms with Crippen LogP contribution in [0.25, 0.3) is 0 Å². The molecule has 0 saturated carbocycles. The molecule has 2 heterocycles. The van der Waals surface area contributed by atoms with Crippen molar-refractivity contribution in [2.75, 3.05) is 20.2 Å². The van der Waals surface area contributed by atoms with Crippen molar-refractivity contribution in [1.82, 2.24) is 10.2 Å². The largest absolute Gasteiger partial charge is 0.496 e. The van der Waals surface area contributed by atoms with Crippen LogP contribution in [0.1, 0.15) is 47.3 Å². The Morgan fingerprint density at radius 1 is 1.26 bits per heavy atom. The van der Waals surface area contributed by atoms with Gasteiger partial charge < -0.3 is 19.4 Å². The number of carbonyl (C=O) groups excluding carboxylic acids is 2. The lowest BCUT2D eigenvalue weighted by Gasteiger charge is -2.31. The number of aryl methyl sites for hydroxylation is 1. The number of ether oxygens (including phenoxy) is 1. The van der Waals surface area contributed by atoms with Crippen LogP contribution < -0.4 is 10.1 Å². The Labute approximate surface area is 159 Å². The lowest BCUT2D eigenvalue weighted by molar-refractivity contribution is -0.127. The number of benzene rings is 1. The number of hydrogen-bond acceptors (Lipinski definition) is 4. The average Bonchev–Trinajstić information content (AvgIpc) is 3.22. The van der Waals surface area contributed by atoms with E-state index in [9.17, 15) is 9.59 Å². The molecule has 3 rings (SSSR count). The van der Waals surface area contributed by atoms with Gasteiger partial charge in [-0.3, -0.25) is 9.59 Å². The van der Waals surface area contributed by atoms with Gasteiger partial charge >= 0.3 is 0 Å². The SMILES string of the molecule is COc1ccc(C)cc1C(C)NC(=O)C1CCN(C(=O)c2ccoc2)CC1. The molecule has 0 aliphatic carbocycles. The van der Waals surface area contributed by atoms with Crippen LogP contribution >= 0.6 is 0 Å². The number of methoxy groups -OCH3 is 1. The molecule has 1 aromatic carbocycles. The Bertz CT molecular complexity index is 793. The van der Waals surface area contributed by atoms with Crippen molar-refractivity contribution in [3.05, 3.63) is 53.5 Å². The molecule has 0 bridgehead atoms. The van der Waals surface area contributed by atoms with Gasteiger partial charge in [0.15, 0.2) is 0 Å². The van der Waals surface area contributed by atoms with Gasteiger partial charge in [0.25, 0.3) is 5.91 Å². The number of amides is 2. The van der Waals surface area contributed by atoms with E-state index in [4.69, 9.17) is 9.15 Å². The minimum absolute atomic E-state index is 0.0291. The first-order valence-corrected chi connectivity index (χ1v) is 9.26. The minimum atomic E-state index is -0.141. The van der Waals surface area contributed by atoms with Crippen LogP contribution in [0.3, 0.4) is 0 Å². The van der Waals surface area contributed by atoms with Crippen LogP contribution in [0.2, 0.25) is 0 Å². The molecular weight excluding hydrogens is 344 g/mol. The maximum absolute atomic E-state index is 12.7. The van der Waals surface area contributed by atoms with Crippen LogP contribution in [0.15, 0.2) is 41.2 Å². The fraction of sp³-hybridized carbons (Fsp3) is 0.429. The molecule has 6 heteroatoms. The quantitative estimate of drug-likeness (QED) is 0.876. The molecule has 0 spiro atoms. The second-order valence-corrected chi connectivity index (χ2v) is 7.05. The van der Waals surface area contributed by atoms with Crippen molar-refractivity contribution in [3.8, 4) is 5.75 Å². The highest BCUT2D eigenvalue weighted by molar-refractivity contribution is 5.94. The highest BCUT2D eigenvalue weighted by Crippen LogP contribution is 2.27. The van der Waals surface area contributed by atoms with Crippen LogP contribution in [-0.2, 0) is 4.79 Å². The second kappa shape index (κ2) is 8.29. The zero-order chi connectivity index (χ0) is 19.4. The first-order chi connectivity index (χ1) is 13.0. The van der Waals surface area contributed by atoms with E-state index in [1.807, 2.05) is 32.0 Å². The molecule has 6 nitrogen and oxygen atoms in total. The van der Waals surface area contributed by atoms with Crippen molar-refractivity contribution in [2.45, 2.75) is 32.7 Å². The maximum Gasteiger partial charge on any atom is 0.257 e. The summed E-state index contributed by atoms with van der Waals surface area (Å²) >= 11 is 0. The van der Waals surface area contributed by atoms with Crippen molar-refractivity contribution < 1.29 is 18.7 Å². The van der Waals surface area contributed by atoms with Gasteiger partial charge in [0.2, 0.25) is 5.91 Å². The summed E-state index contributed by atoms with van der Waals surface area (Å²) in [6.45, 7) is 5.13. The number of furan rings is 1. The third kappa shape index (κ3) is 4.32. The molecule has 144 valence electrons. The van der Waals surface area contributed by atoms with Crippen LogP contribution in [0.5, 0.6) is 5.75 Å². The third-order valence-corrected chi connectivity index (χ3v) is 5.13. The highest BCUT2D eigenvalue weighted by atomic mass is 16.5. The summed E-state index contributed by atoms with van der Waals surface area (Å²) in [4.78, 5) is 26.8. The Morgan fingerprint density at radius 2 is 2.00 bits per heavy atom. The van der Waals surface area contributed by atoms with Gasteiger partial charge in [-0.1, -0.05) is 17.7 Å². The molecule has 1 atom stereocenters. The topological polar surface area (TPSA) is 71.8 Å². The van der Waals surface area contributed by atoms with Gasteiger partial charge in [-0.2, -0.15) is 0 Å². The van der Waals surface area contributed by atoms with Crippen molar-refractivity contribution in [1.29, 1.82) is 0 Å². The van der Waals surface area contributed by atoms with Gasteiger partial charge in [0, 0.05) is 24.6 Å². The number of hydrogen-bond donors (Lipinski definition) is 1. The first-order valence-electron chi connectivity index (χ1n) is 9.26. The van der Waals surface area contributed by atoms with E-state index in [1.54, 1.807) is 18.1 Å². The fourth-order valence-corrected chi connectivity index (χ4v) is 3.51. The lowest BCUT2D eigenvalue weighted by Crippen LogP contribution is -2.43. The van der Waals surface area contributed by atoms with Gasteiger partial charge in [-0.15, -0.1) is 0 Å². The Balaban J connectivity index is 1.57. The molecule has 0 radical (unpaired) electrons. The smallest absolute Gasteiger partial charge is 0.257 e. The Morgan fingerprint density at radius 3 is 2.63 bits per heavy atom. The van der Waals surface area contributed by atoms with Crippen molar-refractivity contribution in [2.24, 2.45) is 5.92 Å². The monoisotopic (exact) mass is 370 g/mol. The summed E-state index contributed by atoms with van der Waals surface area (Å²) in [7, 11) is 1.63. The van der Waals surface area contributed by atoms with Gasteiger partial charge in [0.05, 0.1) is 25.0 Å². The number of piperidine rings is 1. The number of likely N-dealkylation sites (tertiary alicyclic amines) is 1. The summed E-state index contributed by atoms with van der Waals surface area (Å²) in [6, 6.07) is 7.48. The molecule has 1 saturated heterocycles. The molecule has 1 aliphatic heterocycles. The standard InChI is InChI=1S/C21H26N2O4/c1-14-4-5-19(26-3)18(12-14)15(2)22-20(24)16-6-9-23(10-7-16)21(25)17-8-11-27-13-17/h4-5,8,11-13,15-16H,6-7,9-10H2,1-3H3,(H,22,24). The lowest BCUT2D eigenvalue weighted by atomic mass is 9.94. The minimum Gasteiger partial charge on any atom is -0.496 e. The summed E-state index contributed by atoms with van der Waals surface area (Å²) in [5.41, 5.74) is 2.65. The Hall–Kier alpha value is -2.76. The molecular formula is C21H26N2O4. The van der Waals surface area contributed by atoms with E-state index in [2.05, 4.69) is 5.32 Å². The number of nitrogens with zero attached hydrogens (tertiary/aromatic N) is 1. The Kier molecular flexibility index (Phi) is 5.84. The zero-order valence-electron chi connectivity index (χ0n) is 16.0. The van der Waals surface area contributed by atoms with Crippen molar-refractivity contribution >= 4 is 11.8 Å². The second-order valence-electron chi connectivity index (χ2n) is 7.05.